The minimum atomic E-state index is -0.221. The van der Waals surface area contributed by atoms with E-state index in [0.29, 0.717) is 28.8 Å². The zero-order valence-corrected chi connectivity index (χ0v) is 17.5. The van der Waals surface area contributed by atoms with Gasteiger partial charge < -0.3 is 4.42 Å². The maximum Gasteiger partial charge on any atom is 0.352 e. The quantitative estimate of drug-likeness (QED) is 0.401. The van der Waals surface area contributed by atoms with Crippen molar-refractivity contribution in [1.82, 2.24) is 19.2 Å². The Hall–Kier alpha value is -2.90. The molecule has 1 aromatic carbocycles. The summed E-state index contributed by atoms with van der Waals surface area (Å²) >= 11 is 8.11. The maximum absolute atomic E-state index is 13.5. The number of thiophene rings is 1. The van der Waals surface area contributed by atoms with Gasteiger partial charge in [-0.15, -0.1) is 16.4 Å². The van der Waals surface area contributed by atoms with Gasteiger partial charge in [0.05, 0.1) is 18.2 Å². The molecule has 0 aliphatic heterocycles. The van der Waals surface area contributed by atoms with Gasteiger partial charge in [0.15, 0.2) is 11.4 Å². The van der Waals surface area contributed by atoms with Crippen molar-refractivity contribution in [2.24, 2.45) is 0 Å². The Balaban J connectivity index is 1.68. The molecule has 1 aliphatic carbocycles. The molecule has 0 N–H and O–H groups in total. The van der Waals surface area contributed by atoms with E-state index in [1.807, 2.05) is 24.3 Å². The van der Waals surface area contributed by atoms with Crippen LogP contribution in [0.5, 0.6) is 0 Å². The second-order valence-electron chi connectivity index (χ2n) is 7.50. The van der Waals surface area contributed by atoms with Crippen LogP contribution in [-0.2, 0) is 19.4 Å². The number of rotatable bonds is 3. The number of benzene rings is 1. The number of hydrogen-bond acceptors (Lipinski definition) is 5. The Morgan fingerprint density at radius 3 is 2.83 bits per heavy atom. The third-order valence-corrected chi connectivity index (χ3v) is 7.35. The highest BCUT2D eigenvalue weighted by Gasteiger charge is 2.25. The summed E-state index contributed by atoms with van der Waals surface area (Å²) in [5, 5.41) is 6.19. The number of hydrogen-bond donors (Lipinski definition) is 0. The van der Waals surface area contributed by atoms with Gasteiger partial charge in [-0.25, -0.2) is 9.78 Å². The highest BCUT2D eigenvalue weighted by molar-refractivity contribution is 7.19. The molecule has 1 aliphatic rings. The Bertz CT molecular complexity index is 1460. The third-order valence-electron chi connectivity index (χ3n) is 5.67. The monoisotopic (exact) mass is 436 g/mol. The molecule has 4 heterocycles. The fraction of sp³-hybridized carbons (Fsp3) is 0.227. The molecule has 30 heavy (non-hydrogen) atoms. The molecule has 0 spiro atoms. The summed E-state index contributed by atoms with van der Waals surface area (Å²) in [5.41, 5.74) is 2.59. The first-order valence-electron chi connectivity index (χ1n) is 9.92. The summed E-state index contributed by atoms with van der Waals surface area (Å²) in [7, 11) is 0. The van der Waals surface area contributed by atoms with Crippen molar-refractivity contribution in [2.75, 3.05) is 0 Å². The zero-order valence-electron chi connectivity index (χ0n) is 16.0. The summed E-state index contributed by atoms with van der Waals surface area (Å²) in [6, 6.07) is 11.2. The SMILES string of the molecule is O=c1n(Cc2ccccc2Cl)c2sc3c(c2c2nc(-c4ccco4)nn12)CCCC3. The number of furan rings is 1. The van der Waals surface area contributed by atoms with E-state index in [1.54, 1.807) is 34.3 Å². The van der Waals surface area contributed by atoms with Gasteiger partial charge in [-0.1, -0.05) is 29.8 Å². The first kappa shape index (κ1) is 17.9. The van der Waals surface area contributed by atoms with Gasteiger partial charge in [0.2, 0.25) is 5.82 Å². The van der Waals surface area contributed by atoms with Crippen LogP contribution in [0, 0.1) is 0 Å². The molecular formula is C22H17ClN4O2S. The minimum Gasteiger partial charge on any atom is -0.461 e. The number of aromatic nitrogens is 4. The van der Waals surface area contributed by atoms with E-state index in [9.17, 15) is 4.79 Å². The molecule has 8 heteroatoms. The molecule has 0 fully saturated rings. The summed E-state index contributed by atoms with van der Waals surface area (Å²) in [5.74, 6) is 0.970. The summed E-state index contributed by atoms with van der Waals surface area (Å²) in [4.78, 5) is 20.5. The Morgan fingerprint density at radius 1 is 1.13 bits per heavy atom. The number of aryl methyl sites for hydroxylation is 2. The van der Waals surface area contributed by atoms with Gasteiger partial charge in [0.1, 0.15) is 4.83 Å². The van der Waals surface area contributed by atoms with Gasteiger partial charge in [0.25, 0.3) is 0 Å². The van der Waals surface area contributed by atoms with Crippen molar-refractivity contribution >= 4 is 38.8 Å². The van der Waals surface area contributed by atoms with Gasteiger partial charge in [-0.3, -0.25) is 4.57 Å². The molecule has 150 valence electrons. The molecule has 6 nitrogen and oxygen atoms in total. The van der Waals surface area contributed by atoms with E-state index in [4.69, 9.17) is 21.0 Å². The van der Waals surface area contributed by atoms with Crippen molar-refractivity contribution in [2.45, 2.75) is 32.2 Å². The minimum absolute atomic E-state index is 0.221. The van der Waals surface area contributed by atoms with E-state index in [1.165, 1.54) is 21.4 Å². The highest BCUT2D eigenvalue weighted by atomic mass is 35.5. The standard InChI is InChI=1S/C22H17ClN4O2S/c23-15-8-3-1-6-13(15)12-26-21-18(14-7-2-4-10-17(14)30-21)20-24-19(16-9-5-11-29-16)25-27(20)22(26)28/h1,3,5-6,8-9,11H,2,4,7,10,12H2. The van der Waals surface area contributed by atoms with Crippen LogP contribution in [0.4, 0.5) is 0 Å². The average molecular weight is 437 g/mol. The molecule has 0 bridgehead atoms. The van der Waals surface area contributed by atoms with Gasteiger partial charge in [-0.2, -0.15) is 4.52 Å². The Labute approximate surface area is 180 Å². The van der Waals surface area contributed by atoms with Crippen LogP contribution >= 0.6 is 22.9 Å². The molecule has 0 saturated heterocycles. The lowest BCUT2D eigenvalue weighted by atomic mass is 9.97. The molecular weight excluding hydrogens is 420 g/mol. The van der Waals surface area contributed by atoms with Gasteiger partial charge in [0, 0.05) is 9.90 Å². The molecule has 6 rings (SSSR count). The van der Waals surface area contributed by atoms with Crippen LogP contribution in [0.1, 0.15) is 28.8 Å². The van der Waals surface area contributed by atoms with Crippen molar-refractivity contribution in [1.29, 1.82) is 0 Å². The van der Waals surface area contributed by atoms with Crippen LogP contribution in [0.3, 0.4) is 0 Å². The molecule has 0 amide bonds. The molecule has 0 atom stereocenters. The predicted molar refractivity (Wildman–Crippen MR) is 118 cm³/mol. The molecule has 0 radical (unpaired) electrons. The number of nitrogens with zero attached hydrogens (tertiary/aromatic N) is 4. The van der Waals surface area contributed by atoms with Crippen LogP contribution in [0.15, 0.2) is 51.9 Å². The fourth-order valence-electron chi connectivity index (χ4n) is 4.23. The van der Waals surface area contributed by atoms with E-state index < -0.39 is 0 Å². The predicted octanol–water partition coefficient (Wildman–Crippen LogP) is 4.95. The Morgan fingerprint density at radius 2 is 2.00 bits per heavy atom. The van der Waals surface area contributed by atoms with Crippen LogP contribution in [-0.4, -0.2) is 19.2 Å². The lowest BCUT2D eigenvalue weighted by Crippen LogP contribution is -2.28. The van der Waals surface area contributed by atoms with Crippen LogP contribution in [0.2, 0.25) is 5.02 Å². The normalized spacial score (nSPS) is 13.9. The molecule has 5 aromatic rings. The highest BCUT2D eigenvalue weighted by Crippen LogP contribution is 2.38. The fourth-order valence-corrected chi connectivity index (χ4v) is 5.80. The zero-order chi connectivity index (χ0) is 20.2. The largest absolute Gasteiger partial charge is 0.461 e. The maximum atomic E-state index is 13.5. The van der Waals surface area contributed by atoms with Gasteiger partial charge >= 0.3 is 5.69 Å². The van der Waals surface area contributed by atoms with E-state index >= 15 is 0 Å². The first-order chi connectivity index (χ1) is 14.7. The van der Waals surface area contributed by atoms with Crippen molar-refractivity contribution in [3.05, 3.63) is 74.2 Å². The second kappa shape index (κ2) is 6.82. The second-order valence-corrected chi connectivity index (χ2v) is 8.99. The molecule has 0 unspecified atom stereocenters. The van der Waals surface area contributed by atoms with Crippen LogP contribution in [0.25, 0.3) is 27.4 Å². The van der Waals surface area contributed by atoms with Crippen molar-refractivity contribution in [3.63, 3.8) is 0 Å². The summed E-state index contributed by atoms with van der Waals surface area (Å²) in [6.45, 7) is 0.389. The van der Waals surface area contributed by atoms with Crippen molar-refractivity contribution < 1.29 is 4.42 Å². The lowest BCUT2D eigenvalue weighted by molar-refractivity contribution is 0.576. The smallest absolute Gasteiger partial charge is 0.352 e. The van der Waals surface area contributed by atoms with Crippen molar-refractivity contribution in [3.8, 4) is 11.6 Å². The first-order valence-corrected chi connectivity index (χ1v) is 11.1. The molecule has 4 aromatic heterocycles. The van der Waals surface area contributed by atoms with E-state index in [2.05, 4.69) is 5.10 Å². The topological polar surface area (TPSA) is 65.3 Å². The third kappa shape index (κ3) is 2.66. The average Bonchev–Trinajstić information content (AvgIpc) is 3.49. The van der Waals surface area contributed by atoms with Crippen LogP contribution < -0.4 is 5.69 Å². The summed E-state index contributed by atoms with van der Waals surface area (Å²) in [6.07, 6.45) is 5.94. The number of halogens is 1. The van der Waals surface area contributed by atoms with E-state index in [-0.39, 0.29) is 5.69 Å². The van der Waals surface area contributed by atoms with Gasteiger partial charge in [-0.05, 0) is 55.0 Å². The Kier molecular flexibility index (Phi) is 4.07. The molecule has 0 saturated carbocycles. The summed E-state index contributed by atoms with van der Waals surface area (Å²) < 4.78 is 8.67. The number of fused-ring (bicyclic) bond motifs is 5. The lowest BCUT2D eigenvalue weighted by Gasteiger charge is -2.11. The van der Waals surface area contributed by atoms with E-state index in [0.717, 1.165) is 35.0 Å².